The Labute approximate surface area is 191 Å². The second-order valence-corrected chi connectivity index (χ2v) is 7.95. The van der Waals surface area contributed by atoms with E-state index in [9.17, 15) is 4.79 Å². The fourth-order valence-corrected chi connectivity index (χ4v) is 4.26. The van der Waals surface area contributed by atoms with Crippen molar-refractivity contribution in [3.8, 4) is 22.8 Å². The number of hydrogen-bond donors (Lipinski definition) is 1. The summed E-state index contributed by atoms with van der Waals surface area (Å²) in [5.41, 5.74) is 8.31. The summed E-state index contributed by atoms with van der Waals surface area (Å²) in [6.07, 6.45) is 6.81. The minimum Gasteiger partial charge on any atom is -0.491 e. The summed E-state index contributed by atoms with van der Waals surface area (Å²) in [4.78, 5) is 19.7. The van der Waals surface area contributed by atoms with Crippen molar-refractivity contribution in [1.82, 2.24) is 24.5 Å². The summed E-state index contributed by atoms with van der Waals surface area (Å²) in [5.74, 6) is 1.08. The molecule has 1 aromatic carbocycles. The first kappa shape index (κ1) is 20.7. The average molecular weight is 444 g/mol. The molecule has 0 bridgehead atoms. The number of nitrogen functional groups attached to an aromatic ring is 1. The van der Waals surface area contributed by atoms with Gasteiger partial charge in [-0.2, -0.15) is 10.2 Å². The zero-order chi connectivity index (χ0) is 22.8. The minimum absolute atomic E-state index is 0.118. The zero-order valence-corrected chi connectivity index (χ0v) is 18.3. The van der Waals surface area contributed by atoms with Gasteiger partial charge in [-0.25, -0.2) is 9.67 Å². The molecule has 33 heavy (non-hydrogen) atoms. The lowest BCUT2D eigenvalue weighted by Crippen LogP contribution is -2.36. The lowest BCUT2D eigenvalue weighted by atomic mass is 10.0. The number of hydrogen-bond acceptors (Lipinski definition) is 7. The maximum absolute atomic E-state index is 13.1. The molecule has 3 aromatic heterocycles. The molecular weight excluding hydrogens is 418 g/mol. The first-order chi connectivity index (χ1) is 16.2. The molecular formula is C24H25N7O2. The van der Waals surface area contributed by atoms with Crippen LogP contribution in [0.15, 0.2) is 71.9 Å². The smallest absolute Gasteiger partial charge is 0.251 e. The first-order valence-corrected chi connectivity index (χ1v) is 10.9. The number of para-hydroxylation sites is 1. The molecule has 0 radical (unpaired) electrons. The van der Waals surface area contributed by atoms with E-state index in [2.05, 4.69) is 15.0 Å². The fourth-order valence-electron chi connectivity index (χ4n) is 4.26. The summed E-state index contributed by atoms with van der Waals surface area (Å²) in [6.45, 7) is 1.58. The molecule has 9 nitrogen and oxygen atoms in total. The Morgan fingerprint density at radius 3 is 2.55 bits per heavy atom. The molecule has 0 aliphatic carbocycles. The maximum atomic E-state index is 13.1. The molecule has 4 aromatic rings. The van der Waals surface area contributed by atoms with Gasteiger partial charge in [-0.3, -0.25) is 9.48 Å². The van der Waals surface area contributed by atoms with Crippen molar-refractivity contribution in [3.05, 3.63) is 77.3 Å². The van der Waals surface area contributed by atoms with Crippen LogP contribution in [0.5, 0.6) is 5.75 Å². The molecule has 0 unspecified atom stereocenters. The molecule has 1 fully saturated rings. The Balaban J connectivity index is 1.47. The zero-order valence-electron chi connectivity index (χ0n) is 18.3. The average Bonchev–Trinajstić information content (AvgIpc) is 3.35. The van der Waals surface area contributed by atoms with Crippen LogP contribution in [0.2, 0.25) is 0 Å². The fraction of sp³-hybridized carbons (Fsp3) is 0.250. The highest BCUT2D eigenvalue weighted by Gasteiger charge is 2.25. The van der Waals surface area contributed by atoms with E-state index in [-0.39, 0.29) is 17.2 Å². The Hall–Kier alpha value is -4.14. The summed E-state index contributed by atoms with van der Waals surface area (Å²) in [7, 11) is 1.51. The predicted octanol–water partition coefficient (Wildman–Crippen LogP) is 2.92. The van der Waals surface area contributed by atoms with Gasteiger partial charge >= 0.3 is 0 Å². The number of methoxy groups -OCH3 is 1. The summed E-state index contributed by atoms with van der Waals surface area (Å²) >= 11 is 0. The van der Waals surface area contributed by atoms with Gasteiger partial charge in [0.2, 0.25) is 0 Å². The van der Waals surface area contributed by atoms with E-state index in [1.807, 2.05) is 47.1 Å². The second kappa shape index (κ2) is 8.78. The topological polar surface area (TPSA) is 104 Å². The predicted molar refractivity (Wildman–Crippen MR) is 127 cm³/mol. The molecule has 168 valence electrons. The van der Waals surface area contributed by atoms with E-state index in [1.54, 1.807) is 29.3 Å². The van der Waals surface area contributed by atoms with Crippen molar-refractivity contribution in [1.29, 1.82) is 0 Å². The summed E-state index contributed by atoms with van der Waals surface area (Å²) < 4.78 is 9.01. The van der Waals surface area contributed by atoms with E-state index in [0.29, 0.717) is 17.1 Å². The Bertz CT molecular complexity index is 1310. The number of aromatic nitrogens is 5. The van der Waals surface area contributed by atoms with Crippen molar-refractivity contribution < 1.29 is 4.74 Å². The van der Waals surface area contributed by atoms with Gasteiger partial charge in [-0.05, 0) is 43.2 Å². The molecule has 9 heteroatoms. The first-order valence-electron chi connectivity index (χ1n) is 10.9. The van der Waals surface area contributed by atoms with Gasteiger partial charge in [0.25, 0.3) is 5.43 Å². The standard InChI is InChI=1S/C24H25N7O2/c1-33-21-16-30(17-10-14-29(15-11-17)24-19(25)8-5-12-26-24)28-22(23(21)32)20-9-13-27-31(20)18-6-3-2-4-7-18/h2-9,12-13,16-17H,10-11,14-15,25H2,1H3. The number of piperidine rings is 1. The van der Waals surface area contributed by atoms with E-state index >= 15 is 0 Å². The summed E-state index contributed by atoms with van der Waals surface area (Å²) in [6, 6.07) is 15.3. The molecule has 0 saturated carbocycles. The van der Waals surface area contributed by atoms with Crippen molar-refractivity contribution in [3.63, 3.8) is 0 Å². The van der Waals surface area contributed by atoms with E-state index in [1.165, 1.54) is 7.11 Å². The number of rotatable bonds is 5. The third-order valence-electron chi connectivity index (χ3n) is 5.96. The normalized spacial score (nSPS) is 14.4. The van der Waals surface area contributed by atoms with Crippen LogP contribution in [-0.2, 0) is 0 Å². The molecule has 0 spiro atoms. The van der Waals surface area contributed by atoms with Crippen LogP contribution in [0.25, 0.3) is 17.1 Å². The number of benzene rings is 1. The third kappa shape index (κ3) is 3.93. The Morgan fingerprint density at radius 1 is 1.03 bits per heavy atom. The molecule has 4 heterocycles. The molecule has 2 N–H and O–H groups in total. The number of pyridine rings is 1. The second-order valence-electron chi connectivity index (χ2n) is 7.95. The van der Waals surface area contributed by atoms with E-state index in [0.717, 1.165) is 37.4 Å². The summed E-state index contributed by atoms with van der Waals surface area (Å²) in [5, 5.41) is 9.17. The van der Waals surface area contributed by atoms with Crippen LogP contribution in [0.3, 0.4) is 0 Å². The minimum atomic E-state index is -0.259. The van der Waals surface area contributed by atoms with Crippen molar-refractivity contribution in [2.24, 2.45) is 0 Å². The lowest BCUT2D eigenvalue weighted by Gasteiger charge is -2.34. The van der Waals surface area contributed by atoms with Crippen LogP contribution in [0, 0.1) is 0 Å². The molecule has 1 saturated heterocycles. The van der Waals surface area contributed by atoms with Gasteiger partial charge in [-0.1, -0.05) is 18.2 Å². The largest absolute Gasteiger partial charge is 0.491 e. The van der Waals surface area contributed by atoms with Crippen LogP contribution in [0.1, 0.15) is 18.9 Å². The number of nitrogens with two attached hydrogens (primary N) is 1. The SMILES string of the molecule is COc1cn(C2CCN(c3ncccc3N)CC2)nc(-c2ccnn2-c2ccccc2)c1=O. The highest BCUT2D eigenvalue weighted by atomic mass is 16.5. The van der Waals surface area contributed by atoms with Crippen molar-refractivity contribution in [2.45, 2.75) is 18.9 Å². The number of anilines is 2. The van der Waals surface area contributed by atoms with Crippen LogP contribution in [-0.4, -0.2) is 44.7 Å². The van der Waals surface area contributed by atoms with Gasteiger partial charge < -0.3 is 15.4 Å². The molecule has 1 aliphatic heterocycles. The quantitative estimate of drug-likeness (QED) is 0.506. The van der Waals surface area contributed by atoms with Gasteiger partial charge in [-0.15, -0.1) is 0 Å². The Kier molecular flexibility index (Phi) is 5.52. The maximum Gasteiger partial charge on any atom is 0.251 e. The van der Waals surface area contributed by atoms with Gasteiger partial charge in [0.05, 0.1) is 42.6 Å². The highest BCUT2D eigenvalue weighted by molar-refractivity contribution is 5.62. The molecule has 0 amide bonds. The van der Waals surface area contributed by atoms with Crippen LogP contribution >= 0.6 is 0 Å². The van der Waals surface area contributed by atoms with Crippen LogP contribution in [0.4, 0.5) is 11.5 Å². The lowest BCUT2D eigenvalue weighted by molar-refractivity contribution is 0.345. The van der Waals surface area contributed by atoms with Gasteiger partial charge in [0.1, 0.15) is 0 Å². The van der Waals surface area contributed by atoms with Crippen molar-refractivity contribution in [2.75, 3.05) is 30.8 Å². The number of ether oxygens (including phenoxy) is 1. The van der Waals surface area contributed by atoms with E-state index < -0.39 is 0 Å². The monoisotopic (exact) mass is 443 g/mol. The molecule has 1 aliphatic rings. The Morgan fingerprint density at radius 2 is 1.82 bits per heavy atom. The van der Waals surface area contributed by atoms with Crippen molar-refractivity contribution >= 4 is 11.5 Å². The van der Waals surface area contributed by atoms with Gasteiger partial charge in [0, 0.05) is 19.3 Å². The number of nitrogens with zero attached hydrogens (tertiary/aromatic N) is 6. The van der Waals surface area contributed by atoms with Crippen LogP contribution < -0.4 is 20.8 Å². The molecule has 5 rings (SSSR count). The van der Waals surface area contributed by atoms with E-state index in [4.69, 9.17) is 15.6 Å². The van der Waals surface area contributed by atoms with Gasteiger partial charge in [0.15, 0.2) is 17.3 Å². The highest BCUT2D eigenvalue weighted by Crippen LogP contribution is 2.29. The third-order valence-corrected chi connectivity index (χ3v) is 5.96. The molecule has 0 atom stereocenters.